The smallest absolute Gasteiger partial charge is 0.230 e. The first-order valence-corrected chi connectivity index (χ1v) is 11.1. The summed E-state index contributed by atoms with van der Waals surface area (Å²) in [6.45, 7) is 4.21. The number of aromatic nitrogens is 2. The van der Waals surface area contributed by atoms with Crippen LogP contribution in [0.4, 0.5) is 10.8 Å². The summed E-state index contributed by atoms with van der Waals surface area (Å²) in [5, 5.41) is 15.3. The van der Waals surface area contributed by atoms with E-state index in [4.69, 9.17) is 4.74 Å². The first-order valence-electron chi connectivity index (χ1n) is 9.27. The molecule has 152 valence electrons. The molecular weight excluding hydrogens is 404 g/mol. The fourth-order valence-corrected chi connectivity index (χ4v) is 4.36. The number of methoxy groups -OCH3 is 1. The minimum atomic E-state index is -0.0185. The summed E-state index contributed by atoms with van der Waals surface area (Å²) >= 11 is 2.80. The van der Waals surface area contributed by atoms with Gasteiger partial charge in [-0.2, -0.15) is 0 Å². The predicted octanol–water partition coefficient (Wildman–Crippen LogP) is 4.90. The van der Waals surface area contributed by atoms with Gasteiger partial charge in [-0.1, -0.05) is 73.3 Å². The van der Waals surface area contributed by atoms with Crippen molar-refractivity contribution < 1.29 is 9.53 Å². The van der Waals surface area contributed by atoms with Gasteiger partial charge in [-0.15, -0.1) is 10.2 Å². The number of nitrogens with zero attached hydrogens (tertiary/aromatic N) is 2. The van der Waals surface area contributed by atoms with E-state index in [1.165, 1.54) is 23.1 Å². The number of nitrogens with one attached hydrogen (secondary N) is 2. The van der Waals surface area contributed by atoms with Crippen LogP contribution in [0.25, 0.3) is 0 Å². The van der Waals surface area contributed by atoms with Crippen LogP contribution in [-0.4, -0.2) is 29.0 Å². The Kier molecular flexibility index (Phi) is 7.48. The lowest BCUT2D eigenvalue weighted by molar-refractivity contribution is -0.119. The highest BCUT2D eigenvalue weighted by Crippen LogP contribution is 2.29. The van der Waals surface area contributed by atoms with Crippen LogP contribution in [0.2, 0.25) is 0 Å². The zero-order chi connectivity index (χ0) is 20.6. The van der Waals surface area contributed by atoms with Gasteiger partial charge in [0, 0.05) is 11.8 Å². The number of thioether (sulfide) groups is 1. The highest BCUT2D eigenvalue weighted by Gasteiger charge is 2.18. The van der Waals surface area contributed by atoms with E-state index in [9.17, 15) is 4.79 Å². The largest absolute Gasteiger partial charge is 0.497 e. The van der Waals surface area contributed by atoms with Crippen LogP contribution >= 0.6 is 23.1 Å². The molecular formula is C21H24N4O2S2. The number of ether oxygens (including phenoxy) is 1. The van der Waals surface area contributed by atoms with E-state index in [0.29, 0.717) is 16.8 Å². The van der Waals surface area contributed by atoms with Crippen LogP contribution in [-0.2, 0) is 4.79 Å². The Bertz CT molecular complexity index is 931. The lowest BCUT2D eigenvalue weighted by atomic mass is 9.96. The molecule has 2 N–H and O–H groups in total. The van der Waals surface area contributed by atoms with Crippen LogP contribution < -0.4 is 15.4 Å². The quantitative estimate of drug-likeness (QED) is 0.472. The Labute approximate surface area is 179 Å². The van der Waals surface area contributed by atoms with E-state index in [1.807, 2.05) is 54.6 Å². The number of hydrogen-bond donors (Lipinski definition) is 2. The maximum absolute atomic E-state index is 12.5. The van der Waals surface area contributed by atoms with E-state index in [2.05, 4.69) is 34.7 Å². The lowest BCUT2D eigenvalue weighted by Gasteiger charge is -2.22. The van der Waals surface area contributed by atoms with Crippen molar-refractivity contribution in [2.75, 3.05) is 18.2 Å². The van der Waals surface area contributed by atoms with Gasteiger partial charge in [0.15, 0.2) is 4.34 Å². The third-order valence-corrected chi connectivity index (χ3v) is 6.17. The fraction of sp³-hybridized carbons (Fsp3) is 0.286. The Morgan fingerprint density at radius 2 is 1.93 bits per heavy atom. The Morgan fingerprint density at radius 3 is 2.66 bits per heavy atom. The minimum Gasteiger partial charge on any atom is -0.497 e. The SMILES string of the molecule is COc1cccc(Nc2nnc(SCC(=O)NC(c3ccccc3)C(C)C)s2)c1. The van der Waals surface area contributed by atoms with Gasteiger partial charge in [0.1, 0.15) is 5.75 Å². The van der Waals surface area contributed by atoms with Gasteiger partial charge >= 0.3 is 0 Å². The van der Waals surface area contributed by atoms with Gasteiger partial charge in [0.2, 0.25) is 11.0 Å². The Morgan fingerprint density at radius 1 is 1.14 bits per heavy atom. The van der Waals surface area contributed by atoms with Gasteiger partial charge in [0.25, 0.3) is 0 Å². The summed E-state index contributed by atoms with van der Waals surface area (Å²) in [4.78, 5) is 12.5. The van der Waals surface area contributed by atoms with Crippen molar-refractivity contribution in [1.29, 1.82) is 0 Å². The number of carbonyl (C=O) groups is 1. The maximum atomic E-state index is 12.5. The Balaban J connectivity index is 1.54. The molecule has 0 spiro atoms. The molecule has 1 heterocycles. The van der Waals surface area contributed by atoms with Crippen LogP contribution in [0.1, 0.15) is 25.5 Å². The molecule has 2 aromatic carbocycles. The van der Waals surface area contributed by atoms with Gasteiger partial charge in [-0.05, 0) is 23.6 Å². The van der Waals surface area contributed by atoms with Crippen molar-refractivity contribution in [2.45, 2.75) is 24.2 Å². The fourth-order valence-electron chi connectivity index (χ4n) is 2.78. The highest BCUT2D eigenvalue weighted by molar-refractivity contribution is 8.01. The topological polar surface area (TPSA) is 76.1 Å². The van der Waals surface area contributed by atoms with Gasteiger partial charge in [-0.3, -0.25) is 4.79 Å². The summed E-state index contributed by atoms with van der Waals surface area (Å²) in [7, 11) is 1.63. The van der Waals surface area contributed by atoms with Crippen LogP contribution in [0, 0.1) is 5.92 Å². The standard InChI is InChI=1S/C21H24N4O2S2/c1-14(2)19(15-8-5-4-6-9-15)23-18(26)13-28-21-25-24-20(29-21)22-16-10-7-11-17(12-16)27-3/h4-12,14,19H,13H2,1-3H3,(H,22,24)(H,23,26). The molecule has 8 heteroatoms. The van der Waals surface area contributed by atoms with Crippen molar-refractivity contribution in [2.24, 2.45) is 5.92 Å². The normalized spacial score (nSPS) is 11.9. The second kappa shape index (κ2) is 10.3. The number of rotatable bonds is 9. The molecule has 1 unspecified atom stereocenters. The van der Waals surface area contributed by atoms with E-state index in [-0.39, 0.29) is 11.9 Å². The number of amides is 1. The first-order chi connectivity index (χ1) is 14.0. The van der Waals surface area contributed by atoms with E-state index >= 15 is 0 Å². The summed E-state index contributed by atoms with van der Waals surface area (Å²) in [5.41, 5.74) is 1.99. The molecule has 0 bridgehead atoms. The zero-order valence-corrected chi connectivity index (χ0v) is 18.2. The Hall–Kier alpha value is -2.58. The zero-order valence-electron chi connectivity index (χ0n) is 16.6. The summed E-state index contributed by atoms with van der Waals surface area (Å²) in [6.07, 6.45) is 0. The van der Waals surface area contributed by atoms with Crippen molar-refractivity contribution in [1.82, 2.24) is 15.5 Å². The van der Waals surface area contributed by atoms with Gasteiger partial charge in [0.05, 0.1) is 18.9 Å². The molecule has 0 aliphatic heterocycles. The molecule has 29 heavy (non-hydrogen) atoms. The maximum Gasteiger partial charge on any atom is 0.230 e. The highest BCUT2D eigenvalue weighted by atomic mass is 32.2. The summed E-state index contributed by atoms with van der Waals surface area (Å²) in [5.74, 6) is 1.34. The number of benzene rings is 2. The predicted molar refractivity (Wildman–Crippen MR) is 119 cm³/mol. The van der Waals surface area contributed by atoms with E-state index < -0.39 is 0 Å². The molecule has 1 amide bonds. The summed E-state index contributed by atoms with van der Waals surface area (Å²) in [6, 6.07) is 17.6. The molecule has 1 atom stereocenters. The first kappa shape index (κ1) is 21.1. The van der Waals surface area contributed by atoms with E-state index in [1.54, 1.807) is 7.11 Å². The molecule has 3 rings (SSSR count). The average molecular weight is 429 g/mol. The second-order valence-corrected chi connectivity index (χ2v) is 8.92. The third-order valence-electron chi connectivity index (χ3n) is 4.20. The van der Waals surface area contributed by atoms with Crippen LogP contribution in [0.5, 0.6) is 5.75 Å². The van der Waals surface area contributed by atoms with Crippen molar-refractivity contribution >= 4 is 39.8 Å². The molecule has 0 aliphatic carbocycles. The van der Waals surface area contributed by atoms with Crippen molar-refractivity contribution in [3.05, 3.63) is 60.2 Å². The molecule has 1 aromatic heterocycles. The molecule has 6 nitrogen and oxygen atoms in total. The number of anilines is 2. The molecule has 0 fully saturated rings. The van der Waals surface area contributed by atoms with Crippen molar-refractivity contribution in [3.8, 4) is 5.75 Å². The second-order valence-electron chi connectivity index (χ2n) is 6.72. The lowest BCUT2D eigenvalue weighted by Crippen LogP contribution is -2.32. The number of hydrogen-bond acceptors (Lipinski definition) is 7. The molecule has 0 saturated heterocycles. The third kappa shape index (κ3) is 6.20. The average Bonchev–Trinajstić information content (AvgIpc) is 3.18. The molecule has 0 saturated carbocycles. The molecule has 0 aliphatic rings. The van der Waals surface area contributed by atoms with Crippen molar-refractivity contribution in [3.63, 3.8) is 0 Å². The van der Waals surface area contributed by atoms with E-state index in [0.717, 1.165) is 21.3 Å². The van der Waals surface area contributed by atoms with Crippen LogP contribution in [0.3, 0.4) is 0 Å². The monoisotopic (exact) mass is 428 g/mol. The van der Waals surface area contributed by atoms with Crippen LogP contribution in [0.15, 0.2) is 58.9 Å². The van der Waals surface area contributed by atoms with Gasteiger partial charge < -0.3 is 15.4 Å². The summed E-state index contributed by atoms with van der Waals surface area (Å²) < 4.78 is 5.96. The number of carbonyl (C=O) groups excluding carboxylic acids is 1. The molecule has 3 aromatic rings. The minimum absolute atomic E-state index is 0.0102. The van der Waals surface area contributed by atoms with Gasteiger partial charge in [-0.25, -0.2) is 0 Å². The molecule has 0 radical (unpaired) electrons.